The van der Waals surface area contributed by atoms with Crippen molar-refractivity contribution in [1.82, 2.24) is 15.5 Å². The van der Waals surface area contributed by atoms with E-state index in [-0.39, 0.29) is 18.2 Å². The van der Waals surface area contributed by atoms with Crippen LogP contribution in [0.15, 0.2) is 55.3 Å². The Morgan fingerprint density at radius 2 is 2.04 bits per heavy atom. The second-order valence-electron chi connectivity index (χ2n) is 4.54. The van der Waals surface area contributed by atoms with Gasteiger partial charge in [-0.25, -0.2) is 0 Å². The summed E-state index contributed by atoms with van der Waals surface area (Å²) in [5.41, 5.74) is 0. The first-order valence-electron chi connectivity index (χ1n) is 6.71. The topological polar surface area (TPSA) is 81.2 Å². The third-order valence-electron chi connectivity index (χ3n) is 2.89. The van der Waals surface area contributed by atoms with Crippen molar-refractivity contribution in [1.29, 1.82) is 0 Å². The SMILES string of the molecule is CNC(=O)Cc1noc(-c2ccc(Sc3ccc(Cl)cc3)o2)n1. The number of hydrogen-bond acceptors (Lipinski definition) is 6. The molecule has 0 saturated carbocycles. The fraction of sp³-hybridized carbons (Fsp3) is 0.133. The van der Waals surface area contributed by atoms with Gasteiger partial charge >= 0.3 is 0 Å². The molecule has 0 radical (unpaired) electrons. The van der Waals surface area contributed by atoms with E-state index in [4.69, 9.17) is 20.5 Å². The number of amides is 1. The van der Waals surface area contributed by atoms with E-state index in [0.717, 1.165) is 4.90 Å². The highest BCUT2D eigenvalue weighted by molar-refractivity contribution is 7.99. The van der Waals surface area contributed by atoms with Gasteiger partial charge in [-0.2, -0.15) is 4.98 Å². The number of hydrogen-bond donors (Lipinski definition) is 1. The van der Waals surface area contributed by atoms with Gasteiger partial charge in [-0.3, -0.25) is 4.79 Å². The average molecular weight is 350 g/mol. The molecule has 3 aromatic rings. The average Bonchev–Trinajstić information content (AvgIpc) is 3.19. The lowest BCUT2D eigenvalue weighted by molar-refractivity contribution is -0.120. The van der Waals surface area contributed by atoms with Gasteiger partial charge in [0, 0.05) is 17.0 Å². The number of nitrogens with zero attached hydrogens (tertiary/aromatic N) is 2. The number of likely N-dealkylation sites (N-methyl/N-ethyl adjacent to an activating group) is 1. The first kappa shape index (κ1) is 15.6. The van der Waals surface area contributed by atoms with Crippen LogP contribution in [-0.4, -0.2) is 23.1 Å². The Labute approximate surface area is 141 Å². The number of rotatable bonds is 5. The van der Waals surface area contributed by atoms with Crippen molar-refractivity contribution in [2.75, 3.05) is 7.05 Å². The molecule has 1 N–H and O–H groups in total. The van der Waals surface area contributed by atoms with Crippen molar-refractivity contribution < 1.29 is 13.7 Å². The standard InChI is InChI=1S/C15H12ClN3O3S/c1-17-13(20)8-12-18-15(22-19-12)11-6-7-14(21-11)23-10-4-2-9(16)3-5-10/h2-7H,8H2,1H3,(H,17,20). The van der Waals surface area contributed by atoms with Gasteiger partial charge < -0.3 is 14.3 Å². The van der Waals surface area contributed by atoms with E-state index < -0.39 is 0 Å². The van der Waals surface area contributed by atoms with Crippen LogP contribution >= 0.6 is 23.4 Å². The fourth-order valence-electron chi connectivity index (χ4n) is 1.77. The van der Waals surface area contributed by atoms with E-state index in [2.05, 4.69) is 15.5 Å². The molecule has 23 heavy (non-hydrogen) atoms. The van der Waals surface area contributed by atoms with Crippen LogP contribution in [0.1, 0.15) is 5.82 Å². The molecule has 0 atom stereocenters. The maximum absolute atomic E-state index is 11.3. The number of carbonyl (C=O) groups is 1. The zero-order chi connectivity index (χ0) is 16.2. The third kappa shape index (κ3) is 3.94. The van der Waals surface area contributed by atoms with Gasteiger partial charge in [0.1, 0.15) is 0 Å². The summed E-state index contributed by atoms with van der Waals surface area (Å²) in [6.07, 6.45) is 0.0626. The van der Waals surface area contributed by atoms with Gasteiger partial charge in [0.05, 0.1) is 6.42 Å². The van der Waals surface area contributed by atoms with Crippen LogP contribution in [0.2, 0.25) is 5.02 Å². The Balaban J connectivity index is 1.71. The summed E-state index contributed by atoms with van der Waals surface area (Å²) in [5.74, 6) is 0.822. The van der Waals surface area contributed by atoms with Crippen LogP contribution in [-0.2, 0) is 11.2 Å². The molecule has 6 nitrogen and oxygen atoms in total. The largest absolute Gasteiger partial charge is 0.444 e. The van der Waals surface area contributed by atoms with E-state index in [1.54, 1.807) is 13.1 Å². The van der Waals surface area contributed by atoms with E-state index in [9.17, 15) is 4.79 Å². The molecular formula is C15H12ClN3O3S. The van der Waals surface area contributed by atoms with Gasteiger partial charge in [0.15, 0.2) is 16.7 Å². The van der Waals surface area contributed by atoms with Gasteiger partial charge in [-0.1, -0.05) is 28.5 Å². The molecule has 1 amide bonds. The number of furan rings is 1. The van der Waals surface area contributed by atoms with E-state index in [1.165, 1.54) is 11.8 Å². The summed E-state index contributed by atoms with van der Waals surface area (Å²) in [4.78, 5) is 16.4. The Hall–Kier alpha value is -2.25. The summed E-state index contributed by atoms with van der Waals surface area (Å²) >= 11 is 7.31. The van der Waals surface area contributed by atoms with Gasteiger partial charge in [-0.15, -0.1) is 0 Å². The van der Waals surface area contributed by atoms with Crippen molar-refractivity contribution in [3.63, 3.8) is 0 Å². The van der Waals surface area contributed by atoms with E-state index in [0.29, 0.717) is 21.7 Å². The van der Waals surface area contributed by atoms with Crippen molar-refractivity contribution in [3.8, 4) is 11.7 Å². The van der Waals surface area contributed by atoms with Crippen molar-refractivity contribution in [2.45, 2.75) is 16.4 Å². The maximum Gasteiger partial charge on any atom is 0.293 e. The molecule has 2 heterocycles. The summed E-state index contributed by atoms with van der Waals surface area (Å²) in [7, 11) is 1.55. The molecule has 118 valence electrons. The molecule has 0 saturated heterocycles. The second-order valence-corrected chi connectivity index (χ2v) is 6.05. The molecular weight excluding hydrogens is 338 g/mol. The van der Waals surface area contributed by atoms with Crippen LogP contribution in [0.5, 0.6) is 0 Å². The van der Waals surface area contributed by atoms with Gasteiger partial charge in [-0.05, 0) is 36.4 Å². The summed E-state index contributed by atoms with van der Waals surface area (Å²) in [6.45, 7) is 0. The van der Waals surface area contributed by atoms with Crippen LogP contribution in [0, 0.1) is 0 Å². The molecule has 1 aromatic carbocycles. The normalized spacial score (nSPS) is 10.7. The zero-order valence-corrected chi connectivity index (χ0v) is 13.6. The Morgan fingerprint density at radius 3 is 2.78 bits per heavy atom. The second kappa shape index (κ2) is 6.89. The third-order valence-corrected chi connectivity index (χ3v) is 4.07. The van der Waals surface area contributed by atoms with Crippen molar-refractivity contribution in [2.24, 2.45) is 0 Å². The first-order chi connectivity index (χ1) is 11.1. The van der Waals surface area contributed by atoms with Crippen LogP contribution in [0.4, 0.5) is 0 Å². The van der Waals surface area contributed by atoms with Crippen molar-refractivity contribution in [3.05, 3.63) is 47.2 Å². The monoisotopic (exact) mass is 349 g/mol. The van der Waals surface area contributed by atoms with Crippen LogP contribution in [0.25, 0.3) is 11.7 Å². The number of aromatic nitrogens is 2. The van der Waals surface area contributed by atoms with E-state index >= 15 is 0 Å². The molecule has 0 fully saturated rings. The molecule has 0 spiro atoms. The highest BCUT2D eigenvalue weighted by atomic mass is 35.5. The Morgan fingerprint density at radius 1 is 1.26 bits per heavy atom. The smallest absolute Gasteiger partial charge is 0.293 e. The van der Waals surface area contributed by atoms with Crippen LogP contribution in [0.3, 0.4) is 0 Å². The minimum Gasteiger partial charge on any atom is -0.444 e. The number of carbonyl (C=O) groups excluding carboxylic acids is 1. The highest BCUT2D eigenvalue weighted by Gasteiger charge is 2.15. The zero-order valence-electron chi connectivity index (χ0n) is 12.1. The predicted octanol–water partition coefficient (Wildman–Crippen LogP) is 3.42. The van der Waals surface area contributed by atoms with E-state index in [1.807, 2.05) is 30.3 Å². The molecule has 0 aliphatic rings. The Kier molecular flexibility index (Phi) is 4.68. The summed E-state index contributed by atoms with van der Waals surface area (Å²) in [5, 5.41) is 7.63. The minimum atomic E-state index is -0.184. The molecule has 0 aliphatic heterocycles. The van der Waals surface area contributed by atoms with Gasteiger partial charge in [0.25, 0.3) is 5.89 Å². The first-order valence-corrected chi connectivity index (χ1v) is 7.90. The molecule has 0 unspecified atom stereocenters. The van der Waals surface area contributed by atoms with Crippen LogP contribution < -0.4 is 5.32 Å². The maximum atomic E-state index is 11.3. The van der Waals surface area contributed by atoms with Gasteiger partial charge in [0.2, 0.25) is 5.91 Å². The highest BCUT2D eigenvalue weighted by Crippen LogP contribution is 2.32. The lowest BCUT2D eigenvalue weighted by Crippen LogP contribution is -2.20. The number of nitrogens with one attached hydrogen (secondary N) is 1. The molecule has 2 aromatic heterocycles. The van der Waals surface area contributed by atoms with Crippen molar-refractivity contribution >= 4 is 29.3 Å². The molecule has 0 bridgehead atoms. The lowest BCUT2D eigenvalue weighted by Gasteiger charge is -1.97. The molecule has 0 aliphatic carbocycles. The molecule has 3 rings (SSSR count). The fourth-order valence-corrected chi connectivity index (χ4v) is 2.66. The number of halogens is 1. The Bertz CT molecular complexity index is 813. The quantitative estimate of drug-likeness (QED) is 0.760. The minimum absolute atomic E-state index is 0.0626. The molecule has 8 heteroatoms. The number of benzene rings is 1. The lowest BCUT2D eigenvalue weighted by atomic mass is 10.4. The summed E-state index contributed by atoms with van der Waals surface area (Å²) in [6, 6.07) is 11.0. The predicted molar refractivity (Wildman–Crippen MR) is 85.3 cm³/mol. The summed E-state index contributed by atoms with van der Waals surface area (Å²) < 4.78 is 10.8.